The molecule has 5 aromatic heterocycles. The number of pyridine rings is 1. The molecule has 1 unspecified atom stereocenters. The van der Waals surface area contributed by atoms with Crippen molar-refractivity contribution in [3.05, 3.63) is 296 Å². The van der Waals surface area contributed by atoms with Crippen LogP contribution >= 0.6 is 115 Å². The van der Waals surface area contributed by atoms with Gasteiger partial charge < -0.3 is 46.0 Å². The molecule has 16 rings (SSSR count). The molecule has 5 aliphatic heterocycles. The van der Waals surface area contributed by atoms with Crippen LogP contribution in [0.2, 0.25) is 30.3 Å². The minimum absolute atomic E-state index is 0.0420. The first-order valence-electron chi connectivity index (χ1n) is 41.4. The lowest BCUT2D eigenvalue weighted by Crippen LogP contribution is -2.52. The number of carbonyl (C=O) groups is 6. The number of aromatic nitrogens is 1. The molecule has 5 saturated heterocycles. The summed E-state index contributed by atoms with van der Waals surface area (Å²) in [5.74, 6) is -0.356. The first-order chi connectivity index (χ1) is 62.8. The average molecular weight is 2050 g/mol. The summed E-state index contributed by atoms with van der Waals surface area (Å²) in [5, 5.41) is 17.5. The zero-order valence-electron chi connectivity index (χ0n) is 70.1. The van der Waals surface area contributed by atoms with Crippen molar-refractivity contribution >= 4 is 202 Å². The molecule has 692 valence electrons. The Bertz CT molecular complexity index is 6250. The number of hydrogen-bond donors (Lipinski definition) is 5. The van der Waals surface area contributed by atoms with Gasteiger partial charge >= 0.3 is 0 Å². The highest BCUT2D eigenvalue weighted by atomic mass is 35.5. The number of benzene rings is 6. The molecule has 5 aliphatic rings. The molecule has 0 aliphatic carbocycles. The quantitative estimate of drug-likeness (QED) is 0.0314. The Hall–Kier alpha value is -8.97. The van der Waals surface area contributed by atoms with Crippen LogP contribution in [-0.2, 0) is 87.0 Å². The summed E-state index contributed by atoms with van der Waals surface area (Å²) in [6, 6.07) is 61.9. The van der Waals surface area contributed by atoms with E-state index in [0.717, 1.165) is 83.4 Å². The van der Waals surface area contributed by atoms with Gasteiger partial charge in [-0.3, -0.25) is 28.8 Å². The van der Waals surface area contributed by atoms with E-state index in [4.69, 9.17) is 74.3 Å². The van der Waals surface area contributed by atoms with E-state index in [1.807, 2.05) is 71.6 Å². The summed E-state index contributed by atoms with van der Waals surface area (Å²) in [6.07, 6.45) is 2.66. The van der Waals surface area contributed by atoms with Gasteiger partial charge in [-0.05, 0) is 213 Å². The topological polar surface area (TPSA) is 344 Å². The first kappa shape index (κ1) is 99.5. The van der Waals surface area contributed by atoms with Crippen molar-refractivity contribution in [1.29, 1.82) is 0 Å². The molecule has 0 spiro atoms. The molecule has 131 heavy (non-hydrogen) atoms. The molecule has 6 amide bonds. The maximum atomic E-state index is 13.1. The van der Waals surface area contributed by atoms with E-state index in [1.54, 1.807) is 157 Å². The Balaban J connectivity index is 0.000000149. The van der Waals surface area contributed by atoms with Gasteiger partial charge in [-0.25, -0.2) is 38.7 Å². The fourth-order valence-corrected chi connectivity index (χ4v) is 26.7. The number of hydrogen-bond acceptors (Lipinski definition) is 22. The van der Waals surface area contributed by atoms with Crippen molar-refractivity contribution in [1.82, 2.24) is 53.7 Å². The smallest absolute Gasteiger partial charge is 0.252 e. The van der Waals surface area contributed by atoms with E-state index >= 15 is 0 Å². The van der Waals surface area contributed by atoms with Gasteiger partial charge in [0.05, 0.1) is 32.6 Å². The summed E-state index contributed by atoms with van der Waals surface area (Å²) in [7, 11) is -14.4. The van der Waals surface area contributed by atoms with Crippen LogP contribution in [0, 0.1) is 0 Å². The second-order valence-corrected chi connectivity index (χ2v) is 46.3. The fraction of sp³-hybridized carbons (Fsp3) is 0.292. The van der Waals surface area contributed by atoms with Crippen LogP contribution in [0.25, 0.3) is 0 Å². The number of piperazine rings is 3. The second-order valence-electron chi connectivity index (χ2n) is 30.4. The van der Waals surface area contributed by atoms with Gasteiger partial charge in [0.1, 0.15) is 33.9 Å². The normalized spacial score (nSPS) is 16.2. The van der Waals surface area contributed by atoms with Gasteiger partial charge in [-0.2, -0.15) is 17.2 Å². The molecule has 11 aromatic rings. The van der Waals surface area contributed by atoms with Crippen molar-refractivity contribution in [2.75, 3.05) is 108 Å². The number of ether oxygens (including phenoxy) is 1. The number of piperidine rings is 1. The predicted molar refractivity (Wildman–Crippen MR) is 515 cm³/mol. The SMILES string of the molecule is O=C(Cc1ccccc1)NC1CCN(S(=O)(=O)c2ccc(CNC(=O)c3ccc(Cl)cc3)s2)CC1.O=C(NCc1ccc(S(=O)(=O)N2CCN(C(=O)C3CCCO3)CC2)s1)c1ccc(Cl)cc1.O=C(NCc1ccc(S(=O)(=O)N2CCN(c3ccc(Cl)cc3)CC2)s1)c1ccc(Cl)cc1.O=C(NCc1ccc(S(=O)(=O)N2CCN(c3cccc(Cl)n3)CC2)s1)c1ccc(Cl)cc1. The van der Waals surface area contributed by atoms with Gasteiger partial charge in [-0.15, -0.1) is 45.3 Å². The van der Waals surface area contributed by atoms with Crippen LogP contribution in [-0.4, -0.2) is 207 Å². The molecule has 0 radical (unpaired) electrons. The van der Waals surface area contributed by atoms with E-state index in [2.05, 4.69) is 36.5 Å². The lowest BCUT2D eigenvalue weighted by atomic mass is 10.1. The van der Waals surface area contributed by atoms with E-state index < -0.39 is 40.1 Å². The predicted octanol–water partition coefficient (Wildman–Crippen LogP) is 14.6. The van der Waals surface area contributed by atoms with Crippen molar-refractivity contribution in [2.45, 2.75) is 87.3 Å². The van der Waals surface area contributed by atoms with Gasteiger partial charge in [0, 0.05) is 177 Å². The Kier molecular flexibility index (Phi) is 35.2. The molecule has 28 nitrogen and oxygen atoms in total. The number of nitrogens with one attached hydrogen (secondary N) is 5. The maximum Gasteiger partial charge on any atom is 0.252 e. The number of nitrogens with zero attached hydrogens (tertiary/aromatic N) is 8. The Morgan fingerprint density at radius 3 is 1.04 bits per heavy atom. The van der Waals surface area contributed by atoms with Crippen LogP contribution in [0.5, 0.6) is 0 Å². The average Bonchev–Trinajstić information content (AvgIpc) is 1.75. The molecule has 6 aromatic carbocycles. The molecule has 1 atom stereocenters. The third kappa shape index (κ3) is 27.4. The van der Waals surface area contributed by atoms with Gasteiger partial charge in [0.15, 0.2) is 0 Å². The summed E-state index contributed by atoms with van der Waals surface area (Å²) < 4.78 is 117. The molecule has 0 saturated carbocycles. The Labute approximate surface area is 806 Å². The number of halogens is 6. The van der Waals surface area contributed by atoms with Crippen LogP contribution in [0.1, 0.15) is 92.2 Å². The van der Waals surface area contributed by atoms with E-state index in [1.165, 1.54) is 28.6 Å². The lowest BCUT2D eigenvalue weighted by Gasteiger charge is -2.35. The Morgan fingerprint density at radius 2 is 0.695 bits per heavy atom. The minimum atomic E-state index is -3.65. The maximum absolute atomic E-state index is 13.1. The van der Waals surface area contributed by atoms with E-state index in [0.29, 0.717) is 157 Å². The molecule has 0 bridgehead atoms. The highest BCUT2D eigenvalue weighted by Gasteiger charge is 2.37. The standard InChI is InChI=1S/C25H26ClN3O4S2.C22H21Cl2N3O3S2.C21H20Cl2N4O3S2.C21H24ClN3O5S2/c26-20-8-6-19(7-9-20)25(31)27-17-22-10-11-24(34-22)35(32,33)29-14-12-21(13-15-29)28-23(30)16-18-4-2-1-3-5-18;23-17-3-1-16(2-4-17)22(28)25-15-20-9-10-21(31-20)32(29,30)27-13-11-26(12-14-27)19-7-5-18(24)6-8-19;22-16-6-4-15(5-7-16)21(28)24-14-17-8-9-20(31-17)32(29,30)27-12-10-26(11-13-27)19-3-1-2-18(23)25-19;22-16-5-3-15(4-6-16)20(26)23-14-17-7-8-19(31-17)32(28,29)25-11-9-24(10-12-25)21(27)18-2-1-13-30-18/h1-11,21H,12-17H2,(H,27,31)(H,28,30);1-10H,11-15H2,(H,25,28);1-9H,10-14H2,(H,24,28);3-8,18H,1-2,9-14H2,(H,23,26). The fourth-order valence-electron chi connectivity index (χ4n) is 14.4. The lowest BCUT2D eigenvalue weighted by molar-refractivity contribution is -0.142. The summed E-state index contributed by atoms with van der Waals surface area (Å²) in [5.41, 5.74) is 3.93. The molecule has 5 N–H and O–H groups in total. The number of sulfonamides is 4. The van der Waals surface area contributed by atoms with Crippen LogP contribution in [0.15, 0.2) is 235 Å². The van der Waals surface area contributed by atoms with Crippen LogP contribution in [0.4, 0.5) is 11.5 Å². The zero-order valence-corrected chi connectivity index (χ0v) is 81.2. The Morgan fingerprint density at radius 1 is 0.359 bits per heavy atom. The van der Waals surface area contributed by atoms with Crippen molar-refractivity contribution in [2.24, 2.45) is 0 Å². The highest BCUT2D eigenvalue weighted by Crippen LogP contribution is 2.33. The third-order valence-electron chi connectivity index (χ3n) is 21.5. The third-order valence-corrected chi connectivity index (χ3v) is 36.8. The monoisotopic (exact) mass is 2050 g/mol. The largest absolute Gasteiger partial charge is 0.369 e. The molecule has 42 heteroatoms. The highest BCUT2D eigenvalue weighted by molar-refractivity contribution is 7.92. The number of carbonyl (C=O) groups excluding carboxylic acids is 6. The summed E-state index contributed by atoms with van der Waals surface area (Å²) in [4.78, 5) is 87.0. The summed E-state index contributed by atoms with van der Waals surface area (Å²) in [6.45, 7) is 7.28. The first-order valence-corrected chi connectivity index (χ1v) is 52.7. The van der Waals surface area contributed by atoms with E-state index in [9.17, 15) is 62.4 Å². The van der Waals surface area contributed by atoms with Crippen LogP contribution < -0.4 is 36.4 Å². The zero-order chi connectivity index (χ0) is 93.0. The minimum Gasteiger partial charge on any atom is -0.369 e. The van der Waals surface area contributed by atoms with Crippen molar-refractivity contribution < 1.29 is 67.2 Å². The number of amides is 6. The van der Waals surface area contributed by atoms with Crippen molar-refractivity contribution in [3.8, 4) is 0 Å². The summed E-state index contributed by atoms with van der Waals surface area (Å²) >= 11 is 39.9. The number of thiophene rings is 4. The molecular weight excluding hydrogens is 1960 g/mol. The van der Waals surface area contributed by atoms with Gasteiger partial charge in [0.2, 0.25) is 5.91 Å². The number of rotatable bonds is 26. The molecule has 5 fully saturated rings. The van der Waals surface area contributed by atoms with Crippen LogP contribution in [0.3, 0.4) is 0 Å². The second kappa shape index (κ2) is 46.3. The molecular formula is C89H91Cl6N13O15S8. The molecule has 10 heterocycles. The van der Waals surface area contributed by atoms with Gasteiger partial charge in [0.25, 0.3) is 69.6 Å². The van der Waals surface area contributed by atoms with E-state index in [-0.39, 0.29) is 104 Å². The number of anilines is 2. The van der Waals surface area contributed by atoms with Crippen molar-refractivity contribution in [3.63, 3.8) is 0 Å². The van der Waals surface area contributed by atoms with Gasteiger partial charge in [-0.1, -0.05) is 106 Å².